The molecule has 2 fully saturated rings. The molecule has 0 heterocycles. The van der Waals surface area contributed by atoms with Crippen LogP contribution in [-0.4, -0.2) is 24.2 Å². The van der Waals surface area contributed by atoms with Gasteiger partial charge in [-0.3, -0.25) is 0 Å². The number of ether oxygens (including phenoxy) is 1. The summed E-state index contributed by atoms with van der Waals surface area (Å²) < 4.78 is 33.0. The number of nitrogens with one attached hydrogen (secondary N) is 2. The van der Waals surface area contributed by atoms with Crippen molar-refractivity contribution >= 4 is 6.03 Å². The molecule has 0 aromatic heterocycles. The zero-order valence-electron chi connectivity index (χ0n) is 15.1. The molecule has 0 bridgehead atoms. The molecule has 26 heavy (non-hydrogen) atoms. The minimum atomic E-state index is -0.570. The van der Waals surface area contributed by atoms with E-state index in [2.05, 4.69) is 10.6 Å². The molecule has 1 aromatic carbocycles. The Balaban J connectivity index is 1.36. The van der Waals surface area contributed by atoms with Crippen LogP contribution < -0.4 is 10.6 Å². The second kappa shape index (κ2) is 9.31. The number of halogens is 2. The standard InChI is InChI=1S/C20H28F2N2O2/c21-18-7-4-8-19(22)17(18)13-26-16-11-9-15(10-12-16)24-20(25)23-14-5-2-1-3-6-14/h4,7-8,14-16H,1-3,5-6,9-13H2,(H2,23,24,25)/t15-,16-. The van der Waals surface area contributed by atoms with Gasteiger partial charge in [0.05, 0.1) is 12.7 Å². The molecule has 6 heteroatoms. The van der Waals surface area contributed by atoms with E-state index in [-0.39, 0.29) is 30.3 Å². The first kappa shape index (κ1) is 19.1. The van der Waals surface area contributed by atoms with E-state index in [1.807, 2.05) is 0 Å². The Morgan fingerprint density at radius 1 is 0.923 bits per heavy atom. The molecular formula is C20H28F2N2O2. The van der Waals surface area contributed by atoms with Crippen molar-refractivity contribution in [1.29, 1.82) is 0 Å². The molecule has 2 aliphatic rings. The van der Waals surface area contributed by atoms with Crippen molar-refractivity contribution in [2.24, 2.45) is 0 Å². The highest BCUT2D eigenvalue weighted by molar-refractivity contribution is 5.74. The van der Waals surface area contributed by atoms with E-state index in [0.29, 0.717) is 6.04 Å². The summed E-state index contributed by atoms with van der Waals surface area (Å²) in [5, 5.41) is 6.12. The Labute approximate surface area is 153 Å². The topological polar surface area (TPSA) is 50.4 Å². The van der Waals surface area contributed by atoms with Gasteiger partial charge in [0.2, 0.25) is 0 Å². The van der Waals surface area contributed by atoms with Gasteiger partial charge < -0.3 is 15.4 Å². The maximum atomic E-state index is 13.6. The lowest BCUT2D eigenvalue weighted by Gasteiger charge is -2.30. The SMILES string of the molecule is O=C(NC1CCCCC1)N[C@H]1CC[C@H](OCc2c(F)cccc2F)CC1. The van der Waals surface area contributed by atoms with Gasteiger partial charge in [0.25, 0.3) is 0 Å². The maximum Gasteiger partial charge on any atom is 0.315 e. The summed E-state index contributed by atoms with van der Waals surface area (Å²) in [4.78, 5) is 12.1. The molecule has 2 aliphatic carbocycles. The molecule has 0 saturated heterocycles. The molecular weight excluding hydrogens is 338 g/mol. The van der Waals surface area contributed by atoms with Crippen molar-refractivity contribution in [3.8, 4) is 0 Å². The quantitative estimate of drug-likeness (QED) is 0.810. The smallest absolute Gasteiger partial charge is 0.315 e. The van der Waals surface area contributed by atoms with Crippen LogP contribution in [0.25, 0.3) is 0 Å². The Morgan fingerprint density at radius 3 is 2.12 bits per heavy atom. The zero-order chi connectivity index (χ0) is 18.4. The number of urea groups is 1. The third-order valence-corrected chi connectivity index (χ3v) is 5.47. The number of hydrogen-bond acceptors (Lipinski definition) is 2. The summed E-state index contributed by atoms with van der Waals surface area (Å²) in [5.41, 5.74) is -0.0143. The van der Waals surface area contributed by atoms with E-state index in [9.17, 15) is 13.6 Å². The third-order valence-electron chi connectivity index (χ3n) is 5.47. The molecule has 1 aromatic rings. The van der Waals surface area contributed by atoms with Crippen LogP contribution >= 0.6 is 0 Å². The average Bonchev–Trinajstić information content (AvgIpc) is 2.63. The fourth-order valence-electron chi connectivity index (χ4n) is 3.90. The van der Waals surface area contributed by atoms with Crippen LogP contribution in [-0.2, 0) is 11.3 Å². The lowest BCUT2D eigenvalue weighted by atomic mass is 9.93. The second-order valence-corrected chi connectivity index (χ2v) is 7.44. The van der Waals surface area contributed by atoms with Crippen LogP contribution in [0.4, 0.5) is 13.6 Å². The van der Waals surface area contributed by atoms with Crippen molar-refractivity contribution in [2.75, 3.05) is 0 Å². The summed E-state index contributed by atoms with van der Waals surface area (Å²) in [7, 11) is 0. The normalized spacial score (nSPS) is 24.2. The van der Waals surface area contributed by atoms with Crippen molar-refractivity contribution in [3.63, 3.8) is 0 Å². The van der Waals surface area contributed by atoms with Crippen molar-refractivity contribution < 1.29 is 18.3 Å². The van der Waals surface area contributed by atoms with Gasteiger partial charge in [-0.2, -0.15) is 0 Å². The first-order valence-electron chi connectivity index (χ1n) is 9.73. The van der Waals surface area contributed by atoms with Crippen LogP contribution in [0.3, 0.4) is 0 Å². The molecule has 2 amide bonds. The van der Waals surface area contributed by atoms with Gasteiger partial charge in [0.1, 0.15) is 11.6 Å². The first-order chi connectivity index (χ1) is 12.6. The fraction of sp³-hybridized carbons (Fsp3) is 0.650. The zero-order valence-corrected chi connectivity index (χ0v) is 15.1. The highest BCUT2D eigenvalue weighted by atomic mass is 19.1. The second-order valence-electron chi connectivity index (χ2n) is 7.44. The predicted molar refractivity (Wildman–Crippen MR) is 95.7 cm³/mol. The van der Waals surface area contributed by atoms with E-state index in [0.717, 1.165) is 38.5 Å². The maximum absolute atomic E-state index is 13.6. The Morgan fingerprint density at radius 2 is 1.50 bits per heavy atom. The largest absolute Gasteiger partial charge is 0.373 e. The summed E-state index contributed by atoms with van der Waals surface area (Å²) in [6.45, 7) is -0.0521. The molecule has 4 nitrogen and oxygen atoms in total. The highest BCUT2D eigenvalue weighted by Crippen LogP contribution is 2.24. The summed E-state index contributed by atoms with van der Waals surface area (Å²) >= 11 is 0. The number of rotatable bonds is 5. The lowest BCUT2D eigenvalue weighted by molar-refractivity contribution is 0.00949. The molecule has 0 aliphatic heterocycles. The Bertz CT molecular complexity index is 577. The van der Waals surface area contributed by atoms with Crippen molar-refractivity contribution in [3.05, 3.63) is 35.4 Å². The Hall–Kier alpha value is -1.69. The third kappa shape index (κ3) is 5.40. The lowest BCUT2D eigenvalue weighted by Crippen LogP contribution is -2.48. The number of hydrogen-bond donors (Lipinski definition) is 2. The van der Waals surface area contributed by atoms with Crippen LogP contribution in [0, 0.1) is 11.6 Å². The minimum absolute atomic E-state index is 0.0143. The molecule has 2 saturated carbocycles. The van der Waals surface area contributed by atoms with Crippen LogP contribution in [0.2, 0.25) is 0 Å². The predicted octanol–water partition coefficient (Wildman–Crippen LogP) is 4.42. The number of amides is 2. The first-order valence-corrected chi connectivity index (χ1v) is 9.73. The monoisotopic (exact) mass is 366 g/mol. The molecule has 0 radical (unpaired) electrons. The van der Waals surface area contributed by atoms with E-state index < -0.39 is 11.6 Å². The van der Waals surface area contributed by atoms with Crippen molar-refractivity contribution in [2.45, 2.75) is 82.6 Å². The number of carbonyl (C=O) groups is 1. The van der Waals surface area contributed by atoms with Crippen LogP contribution in [0.15, 0.2) is 18.2 Å². The van der Waals surface area contributed by atoms with Gasteiger partial charge in [-0.1, -0.05) is 25.3 Å². The average molecular weight is 366 g/mol. The highest BCUT2D eigenvalue weighted by Gasteiger charge is 2.24. The molecule has 144 valence electrons. The van der Waals surface area contributed by atoms with E-state index in [4.69, 9.17) is 4.74 Å². The van der Waals surface area contributed by atoms with E-state index in [1.54, 1.807) is 0 Å². The van der Waals surface area contributed by atoms with Crippen LogP contribution in [0.5, 0.6) is 0 Å². The summed E-state index contributed by atoms with van der Waals surface area (Å²) in [6, 6.07) is 4.21. The van der Waals surface area contributed by atoms with Crippen LogP contribution in [0.1, 0.15) is 63.4 Å². The van der Waals surface area contributed by atoms with Gasteiger partial charge in [-0.25, -0.2) is 13.6 Å². The number of carbonyl (C=O) groups excluding carboxylic acids is 1. The van der Waals surface area contributed by atoms with Gasteiger partial charge in [0, 0.05) is 17.6 Å². The van der Waals surface area contributed by atoms with E-state index >= 15 is 0 Å². The fourth-order valence-corrected chi connectivity index (χ4v) is 3.90. The molecule has 2 N–H and O–H groups in total. The molecule has 3 rings (SSSR count). The van der Waals surface area contributed by atoms with Gasteiger partial charge in [0.15, 0.2) is 0 Å². The van der Waals surface area contributed by atoms with Gasteiger partial charge in [-0.05, 0) is 50.7 Å². The molecule has 0 unspecified atom stereocenters. The summed E-state index contributed by atoms with van der Waals surface area (Å²) in [6.07, 6.45) is 8.97. The van der Waals surface area contributed by atoms with Gasteiger partial charge >= 0.3 is 6.03 Å². The Kier molecular flexibility index (Phi) is 6.83. The van der Waals surface area contributed by atoms with Gasteiger partial charge in [-0.15, -0.1) is 0 Å². The summed E-state index contributed by atoms with van der Waals surface area (Å²) in [5.74, 6) is -1.14. The molecule has 0 spiro atoms. The minimum Gasteiger partial charge on any atom is -0.373 e. The van der Waals surface area contributed by atoms with E-state index in [1.165, 1.54) is 37.5 Å². The van der Waals surface area contributed by atoms with Crippen molar-refractivity contribution in [1.82, 2.24) is 10.6 Å². The molecule has 0 atom stereocenters. The number of benzene rings is 1.